The van der Waals surface area contributed by atoms with Crippen molar-refractivity contribution in [2.45, 2.75) is 18.9 Å². The summed E-state index contributed by atoms with van der Waals surface area (Å²) in [6, 6.07) is 8.99. The number of rotatable bonds is 4. The molecule has 3 N–H and O–H groups in total. The maximum absolute atomic E-state index is 11.8. The lowest BCUT2D eigenvalue weighted by atomic mass is 10.2. The molecule has 0 saturated carbocycles. The van der Waals surface area contributed by atoms with Crippen LogP contribution in [0.15, 0.2) is 30.3 Å². The fraction of sp³-hybridized carbons (Fsp3) is 0.429. The van der Waals surface area contributed by atoms with Crippen LogP contribution in [0.4, 0.5) is 0 Å². The summed E-state index contributed by atoms with van der Waals surface area (Å²) in [6.07, 6.45) is 2.08. The molecule has 1 saturated heterocycles. The molecule has 0 aromatic heterocycles. The minimum Gasteiger partial charge on any atom is -0.329 e. The predicted octanol–water partition coefficient (Wildman–Crippen LogP) is 0.366. The third kappa shape index (κ3) is 3.62. The zero-order chi connectivity index (χ0) is 13.7. The van der Waals surface area contributed by atoms with Gasteiger partial charge in [0.05, 0.1) is 6.54 Å². The van der Waals surface area contributed by atoms with Crippen LogP contribution in [-0.2, 0) is 4.79 Å². The molecule has 0 aliphatic carbocycles. The molecule has 1 aromatic carbocycles. The molecule has 1 heterocycles. The van der Waals surface area contributed by atoms with Crippen LogP contribution in [0.2, 0.25) is 0 Å². The Kier molecular flexibility index (Phi) is 4.65. The Morgan fingerprint density at radius 1 is 1.32 bits per heavy atom. The molecule has 2 rings (SSSR count). The minimum atomic E-state index is -0.353. The van der Waals surface area contributed by atoms with Crippen LogP contribution < -0.4 is 11.1 Å². The Morgan fingerprint density at radius 3 is 2.74 bits per heavy atom. The molecule has 1 aliphatic rings. The van der Waals surface area contributed by atoms with Crippen molar-refractivity contribution >= 4 is 11.8 Å². The third-order valence-electron chi connectivity index (χ3n) is 3.41. The molecule has 5 nitrogen and oxygen atoms in total. The Hall–Kier alpha value is -1.72. The summed E-state index contributed by atoms with van der Waals surface area (Å²) in [4.78, 5) is 25.7. The smallest absolute Gasteiger partial charge is 0.257 e. The summed E-state index contributed by atoms with van der Waals surface area (Å²) >= 11 is 0. The monoisotopic (exact) mass is 261 g/mol. The molecule has 5 heteroatoms. The molecule has 102 valence electrons. The Bertz CT molecular complexity index is 447. The SMILES string of the molecule is NCC1CCCN1CC(=O)NC(=O)c1ccccc1. The van der Waals surface area contributed by atoms with Crippen LogP contribution in [0.5, 0.6) is 0 Å². The maximum atomic E-state index is 11.8. The van der Waals surface area contributed by atoms with Crippen LogP contribution >= 0.6 is 0 Å². The van der Waals surface area contributed by atoms with E-state index in [0.29, 0.717) is 12.1 Å². The number of imide groups is 1. The Morgan fingerprint density at radius 2 is 2.05 bits per heavy atom. The number of carbonyl (C=O) groups excluding carboxylic acids is 2. The third-order valence-corrected chi connectivity index (χ3v) is 3.41. The number of nitrogens with one attached hydrogen (secondary N) is 1. The maximum Gasteiger partial charge on any atom is 0.257 e. The molecule has 1 aromatic rings. The van der Waals surface area contributed by atoms with Crippen LogP contribution in [0.3, 0.4) is 0 Å². The Labute approximate surface area is 112 Å². The summed E-state index contributed by atoms with van der Waals surface area (Å²) in [7, 11) is 0. The first-order valence-corrected chi connectivity index (χ1v) is 6.54. The van der Waals surface area contributed by atoms with Gasteiger partial charge in [-0.3, -0.25) is 19.8 Å². The molecule has 2 amide bonds. The number of nitrogens with zero attached hydrogens (tertiary/aromatic N) is 1. The van der Waals surface area contributed by atoms with Gasteiger partial charge in [-0.15, -0.1) is 0 Å². The fourth-order valence-corrected chi connectivity index (χ4v) is 2.38. The highest BCUT2D eigenvalue weighted by Gasteiger charge is 2.25. The highest BCUT2D eigenvalue weighted by molar-refractivity contribution is 6.05. The van der Waals surface area contributed by atoms with Gasteiger partial charge in [0.15, 0.2) is 0 Å². The van der Waals surface area contributed by atoms with E-state index in [2.05, 4.69) is 5.32 Å². The van der Waals surface area contributed by atoms with Crippen molar-refractivity contribution in [2.75, 3.05) is 19.6 Å². The fourth-order valence-electron chi connectivity index (χ4n) is 2.38. The number of hydrogen-bond donors (Lipinski definition) is 2. The van der Waals surface area contributed by atoms with Crippen molar-refractivity contribution in [1.29, 1.82) is 0 Å². The molecular formula is C14H19N3O2. The highest BCUT2D eigenvalue weighted by Crippen LogP contribution is 2.15. The number of benzene rings is 1. The first-order chi connectivity index (χ1) is 9.20. The number of carbonyl (C=O) groups is 2. The lowest BCUT2D eigenvalue weighted by Crippen LogP contribution is -2.44. The lowest BCUT2D eigenvalue weighted by Gasteiger charge is -2.21. The molecule has 0 radical (unpaired) electrons. The van der Waals surface area contributed by atoms with E-state index in [1.165, 1.54) is 0 Å². The minimum absolute atomic E-state index is 0.237. The van der Waals surface area contributed by atoms with E-state index in [1.807, 2.05) is 11.0 Å². The van der Waals surface area contributed by atoms with Crippen molar-refractivity contribution < 1.29 is 9.59 Å². The summed E-state index contributed by atoms with van der Waals surface area (Å²) in [6.45, 7) is 1.66. The zero-order valence-electron chi connectivity index (χ0n) is 10.8. The highest BCUT2D eigenvalue weighted by atomic mass is 16.2. The van der Waals surface area contributed by atoms with E-state index in [0.717, 1.165) is 19.4 Å². The summed E-state index contributed by atoms with van der Waals surface area (Å²) in [5, 5.41) is 2.41. The summed E-state index contributed by atoms with van der Waals surface area (Å²) in [5.74, 6) is -0.622. The predicted molar refractivity (Wildman–Crippen MR) is 72.6 cm³/mol. The first kappa shape index (κ1) is 13.7. The van der Waals surface area contributed by atoms with E-state index < -0.39 is 0 Å². The number of likely N-dealkylation sites (tertiary alicyclic amines) is 1. The van der Waals surface area contributed by atoms with Gasteiger partial charge >= 0.3 is 0 Å². The van der Waals surface area contributed by atoms with Gasteiger partial charge in [0.2, 0.25) is 5.91 Å². The Balaban J connectivity index is 1.86. The number of nitrogens with two attached hydrogens (primary N) is 1. The van der Waals surface area contributed by atoms with Gasteiger partial charge < -0.3 is 5.73 Å². The number of amides is 2. The first-order valence-electron chi connectivity index (χ1n) is 6.54. The van der Waals surface area contributed by atoms with Crippen LogP contribution in [0, 0.1) is 0 Å². The molecule has 1 unspecified atom stereocenters. The standard InChI is InChI=1S/C14H19N3O2/c15-9-12-7-4-8-17(12)10-13(18)16-14(19)11-5-2-1-3-6-11/h1-3,5-6,12H,4,7-10,15H2,(H,16,18,19). The van der Waals surface area contributed by atoms with Gasteiger partial charge in [0.25, 0.3) is 5.91 Å². The van der Waals surface area contributed by atoms with Gasteiger partial charge in [-0.1, -0.05) is 18.2 Å². The van der Waals surface area contributed by atoms with Gasteiger partial charge in [-0.05, 0) is 31.5 Å². The van der Waals surface area contributed by atoms with E-state index in [4.69, 9.17) is 5.73 Å². The van der Waals surface area contributed by atoms with E-state index >= 15 is 0 Å². The second-order valence-electron chi connectivity index (χ2n) is 4.75. The van der Waals surface area contributed by atoms with Gasteiger partial charge in [0, 0.05) is 18.2 Å². The lowest BCUT2D eigenvalue weighted by molar-refractivity contribution is -0.121. The summed E-state index contributed by atoms with van der Waals surface area (Å²) in [5.41, 5.74) is 6.15. The van der Waals surface area contributed by atoms with E-state index in [1.54, 1.807) is 24.3 Å². The molecule has 0 bridgehead atoms. The van der Waals surface area contributed by atoms with Crippen LogP contribution in [0.1, 0.15) is 23.2 Å². The average molecular weight is 261 g/mol. The molecule has 0 spiro atoms. The van der Waals surface area contributed by atoms with E-state index in [-0.39, 0.29) is 24.4 Å². The van der Waals surface area contributed by atoms with Gasteiger partial charge in [-0.2, -0.15) is 0 Å². The van der Waals surface area contributed by atoms with E-state index in [9.17, 15) is 9.59 Å². The quantitative estimate of drug-likeness (QED) is 0.821. The topological polar surface area (TPSA) is 75.4 Å². The molecule has 1 fully saturated rings. The average Bonchev–Trinajstić information content (AvgIpc) is 2.86. The largest absolute Gasteiger partial charge is 0.329 e. The van der Waals surface area contributed by atoms with Crippen molar-refractivity contribution in [3.63, 3.8) is 0 Å². The zero-order valence-corrected chi connectivity index (χ0v) is 10.8. The van der Waals surface area contributed by atoms with Crippen LogP contribution in [-0.4, -0.2) is 42.4 Å². The number of hydrogen-bond acceptors (Lipinski definition) is 4. The molecule has 1 aliphatic heterocycles. The second kappa shape index (κ2) is 6.45. The van der Waals surface area contributed by atoms with Crippen molar-refractivity contribution in [3.8, 4) is 0 Å². The summed E-state index contributed by atoms with van der Waals surface area (Å²) < 4.78 is 0. The molecular weight excluding hydrogens is 242 g/mol. The van der Waals surface area contributed by atoms with Crippen LogP contribution in [0.25, 0.3) is 0 Å². The van der Waals surface area contributed by atoms with Crippen molar-refractivity contribution in [2.24, 2.45) is 5.73 Å². The van der Waals surface area contributed by atoms with Gasteiger partial charge in [-0.25, -0.2) is 0 Å². The normalized spacial score (nSPS) is 19.3. The van der Waals surface area contributed by atoms with Gasteiger partial charge in [0.1, 0.15) is 0 Å². The second-order valence-corrected chi connectivity index (χ2v) is 4.75. The molecule has 1 atom stereocenters. The van der Waals surface area contributed by atoms with Crippen molar-refractivity contribution in [3.05, 3.63) is 35.9 Å². The van der Waals surface area contributed by atoms with Crippen molar-refractivity contribution in [1.82, 2.24) is 10.2 Å². The molecule has 19 heavy (non-hydrogen) atoms.